The maximum absolute atomic E-state index is 13.2. The van der Waals surface area contributed by atoms with E-state index in [2.05, 4.69) is 31.9 Å². The van der Waals surface area contributed by atoms with Gasteiger partial charge in [-0.25, -0.2) is 9.59 Å². The first-order valence-corrected chi connectivity index (χ1v) is 13.6. The highest BCUT2D eigenvalue weighted by molar-refractivity contribution is 9.10. The molecule has 39 heavy (non-hydrogen) atoms. The monoisotopic (exact) mass is 670 g/mol. The lowest BCUT2D eigenvalue weighted by molar-refractivity contribution is -0.309. The summed E-state index contributed by atoms with van der Waals surface area (Å²) >= 11 is 6.63. The molecule has 2 aromatic carbocycles. The van der Waals surface area contributed by atoms with E-state index in [-0.39, 0.29) is 17.7 Å². The zero-order valence-electron chi connectivity index (χ0n) is 21.6. The smallest absolute Gasteiger partial charge is 0.338 e. The van der Waals surface area contributed by atoms with Gasteiger partial charge >= 0.3 is 23.9 Å². The number of ether oxygens (including phenoxy) is 6. The zero-order chi connectivity index (χ0) is 28.7. The van der Waals surface area contributed by atoms with E-state index in [0.717, 1.165) is 15.9 Å². The standard InChI is InChI=1S/C27H28Br2O10/c1-14(2)35-27-24(39-26(33)18-7-11-20(29)12-8-18)23(38-25(32)17-5-9-19(28)10-6-17)22(36-16(4)31)21(37-27)13-34-15(3)30/h5-12,14,21-24,27H,13H2,1-4H3/t21-,22-,23+,24-,27+/m1/s1. The Labute approximate surface area is 242 Å². The van der Waals surface area contributed by atoms with Crippen molar-refractivity contribution in [1.29, 1.82) is 0 Å². The van der Waals surface area contributed by atoms with E-state index in [4.69, 9.17) is 28.4 Å². The van der Waals surface area contributed by atoms with Gasteiger partial charge in [0.2, 0.25) is 0 Å². The minimum absolute atomic E-state index is 0.196. The fourth-order valence-electron chi connectivity index (χ4n) is 3.74. The van der Waals surface area contributed by atoms with Gasteiger partial charge in [0.1, 0.15) is 12.7 Å². The summed E-state index contributed by atoms with van der Waals surface area (Å²) < 4.78 is 35.7. The van der Waals surface area contributed by atoms with Gasteiger partial charge in [0.15, 0.2) is 24.6 Å². The van der Waals surface area contributed by atoms with Gasteiger partial charge in [0.25, 0.3) is 0 Å². The van der Waals surface area contributed by atoms with Gasteiger partial charge in [-0.1, -0.05) is 31.9 Å². The molecule has 0 unspecified atom stereocenters. The maximum atomic E-state index is 13.2. The molecule has 0 aromatic heterocycles. The van der Waals surface area contributed by atoms with Crippen molar-refractivity contribution in [3.05, 3.63) is 68.6 Å². The molecule has 1 aliphatic heterocycles. The van der Waals surface area contributed by atoms with Crippen molar-refractivity contribution in [2.24, 2.45) is 0 Å². The van der Waals surface area contributed by atoms with Crippen LogP contribution in [-0.2, 0) is 38.0 Å². The van der Waals surface area contributed by atoms with Gasteiger partial charge < -0.3 is 28.4 Å². The number of rotatable bonds is 9. The molecule has 0 amide bonds. The summed E-state index contributed by atoms with van der Waals surface area (Å²) in [5, 5.41) is 0. The highest BCUT2D eigenvalue weighted by atomic mass is 79.9. The first-order chi connectivity index (χ1) is 18.4. The molecule has 0 N–H and O–H groups in total. The van der Waals surface area contributed by atoms with Crippen molar-refractivity contribution < 1.29 is 47.6 Å². The first kappa shape index (κ1) is 30.7. The molecule has 1 fully saturated rings. The Morgan fingerprint density at radius 2 is 1.23 bits per heavy atom. The number of carbonyl (C=O) groups is 4. The molecule has 0 bridgehead atoms. The van der Waals surface area contributed by atoms with Gasteiger partial charge in [0.05, 0.1) is 17.2 Å². The molecule has 0 saturated carbocycles. The Hall–Kier alpha value is -2.80. The molecule has 12 heteroatoms. The van der Waals surface area contributed by atoms with Crippen molar-refractivity contribution in [3.8, 4) is 0 Å². The predicted molar refractivity (Wildman–Crippen MR) is 144 cm³/mol. The van der Waals surface area contributed by atoms with Crippen LogP contribution >= 0.6 is 31.9 Å². The second-order valence-corrected chi connectivity index (χ2v) is 10.7. The SMILES string of the molecule is CC(=O)OC[C@H]1O[C@H](OC(C)C)[C@H](OC(=O)c2ccc(Br)cc2)[C@@H](OC(=O)c2ccc(Br)cc2)[C@@H]1OC(C)=O. The van der Waals surface area contributed by atoms with E-state index < -0.39 is 60.7 Å². The van der Waals surface area contributed by atoms with Crippen molar-refractivity contribution in [1.82, 2.24) is 0 Å². The van der Waals surface area contributed by atoms with Crippen LogP contribution in [0.2, 0.25) is 0 Å². The fourth-order valence-corrected chi connectivity index (χ4v) is 4.27. The van der Waals surface area contributed by atoms with Crippen molar-refractivity contribution in [2.75, 3.05) is 6.61 Å². The number of hydrogen-bond acceptors (Lipinski definition) is 10. The molecular formula is C27H28Br2O10. The Bertz CT molecular complexity index is 1170. The summed E-state index contributed by atoms with van der Waals surface area (Å²) in [4.78, 5) is 50.0. The highest BCUT2D eigenvalue weighted by Gasteiger charge is 2.53. The van der Waals surface area contributed by atoms with Gasteiger partial charge in [0, 0.05) is 22.8 Å². The van der Waals surface area contributed by atoms with Gasteiger partial charge in [-0.2, -0.15) is 0 Å². The summed E-state index contributed by atoms with van der Waals surface area (Å²) in [5.41, 5.74) is 0.410. The van der Waals surface area contributed by atoms with Crippen LogP contribution in [0.25, 0.3) is 0 Å². The Kier molecular flexibility index (Phi) is 11.0. The normalized spacial score (nSPS) is 22.6. The van der Waals surface area contributed by atoms with Crippen LogP contribution < -0.4 is 0 Å². The van der Waals surface area contributed by atoms with E-state index in [1.165, 1.54) is 19.1 Å². The quantitative estimate of drug-likeness (QED) is 0.276. The lowest BCUT2D eigenvalue weighted by Crippen LogP contribution is -2.63. The molecule has 3 rings (SSSR count). The van der Waals surface area contributed by atoms with E-state index in [1.54, 1.807) is 50.2 Å². The molecule has 210 valence electrons. The minimum atomic E-state index is -1.39. The molecule has 0 aliphatic carbocycles. The van der Waals surface area contributed by atoms with Crippen LogP contribution in [0.15, 0.2) is 57.5 Å². The molecule has 0 spiro atoms. The molecule has 5 atom stereocenters. The third-order valence-electron chi connectivity index (χ3n) is 5.40. The molecule has 0 radical (unpaired) electrons. The van der Waals surface area contributed by atoms with E-state index >= 15 is 0 Å². The minimum Gasteiger partial charge on any atom is -0.463 e. The van der Waals surface area contributed by atoms with Crippen molar-refractivity contribution >= 4 is 55.7 Å². The second kappa shape index (κ2) is 14.0. The van der Waals surface area contributed by atoms with Crippen LogP contribution in [0.4, 0.5) is 0 Å². The van der Waals surface area contributed by atoms with Crippen LogP contribution in [-0.4, -0.2) is 67.3 Å². The largest absolute Gasteiger partial charge is 0.463 e. The first-order valence-electron chi connectivity index (χ1n) is 12.0. The van der Waals surface area contributed by atoms with E-state index in [9.17, 15) is 19.2 Å². The third kappa shape index (κ3) is 8.85. The number of carbonyl (C=O) groups excluding carboxylic acids is 4. The zero-order valence-corrected chi connectivity index (χ0v) is 24.8. The van der Waals surface area contributed by atoms with Crippen molar-refractivity contribution in [2.45, 2.75) is 64.5 Å². The van der Waals surface area contributed by atoms with Crippen LogP contribution in [0.1, 0.15) is 48.4 Å². The molecule has 1 heterocycles. The molecular weight excluding hydrogens is 644 g/mol. The fraction of sp³-hybridized carbons (Fsp3) is 0.407. The van der Waals surface area contributed by atoms with E-state index in [0.29, 0.717) is 0 Å². The van der Waals surface area contributed by atoms with Gasteiger partial charge in [-0.15, -0.1) is 0 Å². The molecule has 1 aliphatic rings. The van der Waals surface area contributed by atoms with Gasteiger partial charge in [-0.3, -0.25) is 9.59 Å². The molecule has 1 saturated heterocycles. The van der Waals surface area contributed by atoms with Crippen LogP contribution in [0.3, 0.4) is 0 Å². The maximum Gasteiger partial charge on any atom is 0.338 e. The summed E-state index contributed by atoms with van der Waals surface area (Å²) in [6.45, 7) is 5.50. The Morgan fingerprint density at radius 1 is 0.744 bits per heavy atom. The van der Waals surface area contributed by atoms with Crippen LogP contribution in [0.5, 0.6) is 0 Å². The number of halogens is 2. The lowest BCUT2D eigenvalue weighted by atomic mass is 9.97. The summed E-state index contributed by atoms with van der Waals surface area (Å²) in [6, 6.07) is 12.8. The van der Waals surface area contributed by atoms with E-state index in [1.807, 2.05) is 0 Å². The molecule has 10 nitrogen and oxygen atoms in total. The molecule has 2 aromatic rings. The Balaban J connectivity index is 2.03. The average Bonchev–Trinajstić information content (AvgIpc) is 2.86. The Morgan fingerprint density at radius 3 is 1.67 bits per heavy atom. The van der Waals surface area contributed by atoms with Gasteiger partial charge in [-0.05, 0) is 62.4 Å². The summed E-state index contributed by atoms with van der Waals surface area (Å²) in [6.07, 6.45) is -6.84. The highest BCUT2D eigenvalue weighted by Crippen LogP contribution is 2.32. The summed E-state index contributed by atoms with van der Waals surface area (Å²) in [5.74, 6) is -2.85. The third-order valence-corrected chi connectivity index (χ3v) is 6.45. The average molecular weight is 672 g/mol. The number of benzene rings is 2. The predicted octanol–water partition coefficient (Wildman–Crippen LogP) is 4.61. The van der Waals surface area contributed by atoms with Crippen molar-refractivity contribution in [3.63, 3.8) is 0 Å². The number of hydrogen-bond donors (Lipinski definition) is 0. The summed E-state index contributed by atoms with van der Waals surface area (Å²) in [7, 11) is 0. The lowest BCUT2D eigenvalue weighted by Gasteiger charge is -2.44. The topological polar surface area (TPSA) is 124 Å². The number of esters is 4. The second-order valence-electron chi connectivity index (χ2n) is 8.86. The van der Waals surface area contributed by atoms with Crippen LogP contribution in [0, 0.1) is 0 Å².